The Bertz CT molecular complexity index is 1940. The Morgan fingerprint density at radius 3 is 2.83 bits per heavy atom. The van der Waals surface area contributed by atoms with Gasteiger partial charge in [-0.15, -0.1) is 21.5 Å². The van der Waals surface area contributed by atoms with Crippen LogP contribution >= 0.6 is 11.3 Å². The van der Waals surface area contributed by atoms with Gasteiger partial charge in [-0.2, -0.15) is 14.5 Å². The molecule has 2 unspecified atom stereocenters. The summed E-state index contributed by atoms with van der Waals surface area (Å²) in [5.41, 5.74) is 7.56. The van der Waals surface area contributed by atoms with E-state index in [2.05, 4.69) is 51.0 Å². The maximum atomic E-state index is 13.9. The highest BCUT2D eigenvalue weighted by Crippen LogP contribution is 2.28. The van der Waals surface area contributed by atoms with Crippen LogP contribution < -0.4 is 16.4 Å². The number of ether oxygens (including phenoxy) is 1. The summed E-state index contributed by atoms with van der Waals surface area (Å²) in [7, 11) is -2.99. The zero-order chi connectivity index (χ0) is 32.6. The molecular weight excluding hydrogens is 640 g/mol. The maximum absolute atomic E-state index is 13.9. The molecule has 20 heteroatoms. The number of aliphatic imine (C=N–C) groups is 1. The molecule has 2 aliphatic heterocycles. The van der Waals surface area contributed by atoms with Crippen LogP contribution in [0.25, 0.3) is 10.9 Å². The lowest BCUT2D eigenvalue weighted by molar-refractivity contribution is -0.127. The number of nitrogens with one attached hydrogen (secondary N) is 4. The van der Waals surface area contributed by atoms with Gasteiger partial charge >= 0.3 is 6.09 Å². The number of thiazole rings is 1. The van der Waals surface area contributed by atoms with E-state index in [-0.39, 0.29) is 53.9 Å². The molecule has 0 saturated carbocycles. The molecule has 0 aliphatic carbocycles. The standard InChI is InChI=1S/C26H30N12O6S2/c1-13-7-17-19(10-28-13)45-24(31-17)25(40)38-6-5-37(12-18(38)23(39)29-11-20-33-35-36-34-20)46(42,43)21-9-14-3-4-15(8-16(14)30-21)22(27)32-26(41)44-2/h3-4,8-9,13,18,28,30H,5-7,10-12H2,1-2H3,(H,29,39)(H2,27,32,41)(H,33,34,35,36). The Balaban J connectivity index is 1.26. The first-order valence-corrected chi connectivity index (χ1v) is 16.4. The van der Waals surface area contributed by atoms with Gasteiger partial charge in [0.1, 0.15) is 16.9 Å². The smallest absolute Gasteiger partial charge is 0.435 e. The van der Waals surface area contributed by atoms with Crippen LogP contribution in [0.4, 0.5) is 4.79 Å². The van der Waals surface area contributed by atoms with E-state index in [0.717, 1.165) is 14.9 Å². The number of carbonyl (C=O) groups is 3. The molecule has 2 atom stereocenters. The van der Waals surface area contributed by atoms with Crippen molar-refractivity contribution in [2.24, 2.45) is 10.7 Å². The summed E-state index contributed by atoms with van der Waals surface area (Å²) >= 11 is 1.27. The molecular formula is C26H30N12O6S2. The average molecular weight is 671 g/mol. The molecule has 46 heavy (non-hydrogen) atoms. The normalized spacial score (nSPS) is 19.2. The number of fused-ring (bicyclic) bond motifs is 2. The van der Waals surface area contributed by atoms with Crippen LogP contribution in [-0.2, 0) is 39.1 Å². The number of piperazine rings is 1. The Morgan fingerprint density at radius 1 is 1.24 bits per heavy atom. The summed E-state index contributed by atoms with van der Waals surface area (Å²) in [5.74, 6) is -0.921. The van der Waals surface area contributed by atoms with E-state index in [9.17, 15) is 22.8 Å². The van der Waals surface area contributed by atoms with Crippen LogP contribution in [0.15, 0.2) is 34.3 Å². The van der Waals surface area contributed by atoms with E-state index < -0.39 is 34.0 Å². The number of benzene rings is 1. The Hall–Kier alpha value is -4.79. The number of nitrogens with zero attached hydrogens (tertiary/aromatic N) is 7. The number of hydrogen-bond acceptors (Lipinski definition) is 12. The third-order valence-corrected chi connectivity index (χ3v) is 10.6. The van der Waals surface area contributed by atoms with E-state index in [0.29, 0.717) is 29.4 Å². The lowest BCUT2D eigenvalue weighted by Crippen LogP contribution is -2.61. The molecule has 6 N–H and O–H groups in total. The average Bonchev–Trinajstić information content (AvgIpc) is 3.82. The lowest BCUT2D eigenvalue weighted by Gasteiger charge is -2.39. The Labute approximate surface area is 265 Å². The monoisotopic (exact) mass is 670 g/mol. The zero-order valence-corrected chi connectivity index (χ0v) is 26.3. The van der Waals surface area contributed by atoms with Crippen molar-refractivity contribution < 1.29 is 27.5 Å². The van der Waals surface area contributed by atoms with Crippen LogP contribution in [0.2, 0.25) is 0 Å². The molecule has 3 amide bonds. The number of tetrazole rings is 1. The van der Waals surface area contributed by atoms with Gasteiger partial charge in [-0.25, -0.2) is 18.2 Å². The van der Waals surface area contributed by atoms with Crippen LogP contribution in [0, 0.1) is 0 Å². The van der Waals surface area contributed by atoms with Crippen LogP contribution in [0.5, 0.6) is 0 Å². The minimum Gasteiger partial charge on any atom is -0.451 e. The number of amides is 3. The number of hydrogen-bond donors (Lipinski definition) is 5. The van der Waals surface area contributed by atoms with Gasteiger partial charge in [0, 0.05) is 60.0 Å². The van der Waals surface area contributed by atoms with Gasteiger partial charge in [-0.05, 0) is 19.1 Å². The summed E-state index contributed by atoms with van der Waals surface area (Å²) in [4.78, 5) is 52.2. The number of amidine groups is 1. The number of rotatable bonds is 7. The summed E-state index contributed by atoms with van der Waals surface area (Å²) in [6.45, 7) is 2.12. The van der Waals surface area contributed by atoms with Crippen molar-refractivity contribution in [2.45, 2.75) is 43.5 Å². The number of aromatic nitrogens is 6. The second-order valence-corrected chi connectivity index (χ2v) is 13.7. The molecule has 1 fully saturated rings. The third kappa shape index (κ3) is 6.18. The van der Waals surface area contributed by atoms with Crippen LogP contribution in [-0.4, -0.2) is 111 Å². The van der Waals surface area contributed by atoms with Crippen molar-refractivity contribution in [2.75, 3.05) is 26.7 Å². The van der Waals surface area contributed by atoms with Crippen molar-refractivity contribution in [3.63, 3.8) is 0 Å². The fourth-order valence-corrected chi connectivity index (χ4v) is 7.70. The molecule has 0 bridgehead atoms. The number of H-pyrrole nitrogens is 2. The molecule has 5 heterocycles. The van der Waals surface area contributed by atoms with Gasteiger partial charge in [0.2, 0.25) is 5.91 Å². The van der Waals surface area contributed by atoms with E-state index in [1.165, 1.54) is 29.4 Å². The number of methoxy groups -OCH3 is 1. The fraction of sp³-hybridized carbons (Fsp3) is 0.385. The first-order valence-electron chi connectivity index (χ1n) is 14.1. The minimum absolute atomic E-state index is 0.0534. The molecule has 0 radical (unpaired) electrons. The Kier molecular flexibility index (Phi) is 8.51. The molecule has 0 spiro atoms. The minimum atomic E-state index is -4.16. The summed E-state index contributed by atoms with van der Waals surface area (Å²) in [6, 6.07) is 5.29. The molecule has 3 aromatic heterocycles. The number of nitrogens with two attached hydrogens (primary N) is 1. The maximum Gasteiger partial charge on any atom is 0.435 e. The number of carbonyl (C=O) groups excluding carboxylic acids is 3. The third-order valence-electron chi connectivity index (χ3n) is 7.69. The molecule has 1 saturated heterocycles. The number of sulfonamides is 1. The Morgan fingerprint density at radius 2 is 2.07 bits per heavy atom. The zero-order valence-electron chi connectivity index (χ0n) is 24.7. The highest BCUT2D eigenvalue weighted by Gasteiger charge is 2.41. The van der Waals surface area contributed by atoms with Gasteiger partial charge in [-0.1, -0.05) is 17.3 Å². The summed E-state index contributed by atoms with van der Waals surface area (Å²) < 4.78 is 33.4. The van der Waals surface area contributed by atoms with Gasteiger partial charge in [-0.3, -0.25) is 9.59 Å². The molecule has 4 aromatic rings. The number of aromatic amines is 2. The first kappa shape index (κ1) is 31.2. The van der Waals surface area contributed by atoms with Gasteiger partial charge in [0.05, 0.1) is 19.3 Å². The highest BCUT2D eigenvalue weighted by molar-refractivity contribution is 7.89. The SMILES string of the molecule is COC(=O)N=C(N)c1ccc2cc(S(=O)(=O)N3CCN(C(=O)c4nc5c(s4)CNC(C)C5)C(C(=O)NCc4nn[nH]n4)C3)[nH]c2c1. The van der Waals surface area contributed by atoms with Gasteiger partial charge < -0.3 is 31.0 Å². The topological polar surface area (TPSA) is 247 Å². The molecule has 242 valence electrons. The second kappa shape index (κ2) is 12.5. The van der Waals surface area contributed by atoms with Gasteiger partial charge in [0.25, 0.3) is 15.9 Å². The quantitative estimate of drug-likeness (QED) is 0.123. The largest absolute Gasteiger partial charge is 0.451 e. The van der Waals surface area contributed by atoms with Gasteiger partial charge in [0.15, 0.2) is 10.8 Å². The van der Waals surface area contributed by atoms with Crippen molar-refractivity contribution in [3.05, 3.63) is 51.2 Å². The highest BCUT2D eigenvalue weighted by atomic mass is 32.2. The van der Waals surface area contributed by atoms with E-state index in [1.54, 1.807) is 18.2 Å². The van der Waals surface area contributed by atoms with E-state index in [4.69, 9.17) is 5.73 Å². The first-order chi connectivity index (χ1) is 22.0. The molecule has 2 aliphatic rings. The summed E-state index contributed by atoms with van der Waals surface area (Å²) in [6.07, 6.45) is -0.196. The van der Waals surface area contributed by atoms with Crippen LogP contribution in [0.1, 0.15) is 38.7 Å². The second-order valence-electron chi connectivity index (χ2n) is 10.7. The van der Waals surface area contributed by atoms with Crippen LogP contribution in [0.3, 0.4) is 0 Å². The predicted molar refractivity (Wildman–Crippen MR) is 163 cm³/mol. The van der Waals surface area contributed by atoms with Crippen molar-refractivity contribution in [1.29, 1.82) is 0 Å². The van der Waals surface area contributed by atoms with E-state index in [1.807, 2.05) is 6.92 Å². The summed E-state index contributed by atoms with van der Waals surface area (Å²) in [5, 5.41) is 20.1. The van der Waals surface area contributed by atoms with Crippen molar-refractivity contribution in [1.82, 2.24) is 50.4 Å². The predicted octanol–water partition coefficient (Wildman–Crippen LogP) is -0.525. The molecule has 18 nitrogen and oxygen atoms in total. The fourth-order valence-electron chi connectivity index (χ4n) is 5.26. The molecule has 1 aromatic carbocycles. The molecule has 6 rings (SSSR count). The lowest BCUT2D eigenvalue weighted by atomic mass is 10.1. The van der Waals surface area contributed by atoms with Crippen molar-refractivity contribution in [3.8, 4) is 0 Å². The van der Waals surface area contributed by atoms with E-state index >= 15 is 0 Å². The van der Waals surface area contributed by atoms with Crippen molar-refractivity contribution >= 4 is 56.0 Å².